The number of carboxylic acid groups (broad SMARTS) is 1. The van der Waals surface area contributed by atoms with Crippen molar-refractivity contribution in [3.8, 4) is 0 Å². The van der Waals surface area contributed by atoms with Gasteiger partial charge in [0.25, 0.3) is 0 Å². The molecule has 0 rings (SSSR count). The number of hydrogen-bond donors (Lipinski definition) is 2. The summed E-state index contributed by atoms with van der Waals surface area (Å²) in [6.45, 7) is 0.832. The van der Waals surface area contributed by atoms with Crippen LogP contribution in [-0.2, 0) is 23.8 Å². The molecule has 0 heterocycles. The molecule has 0 atom stereocenters. The van der Waals surface area contributed by atoms with Crippen molar-refractivity contribution < 1.29 is 34.0 Å². The van der Waals surface area contributed by atoms with E-state index in [1.54, 1.807) is 0 Å². The first-order valence-corrected chi connectivity index (χ1v) is 4.35. The maximum atomic E-state index is 10.4. The third-order valence-corrected chi connectivity index (χ3v) is 1.24. The third-order valence-electron chi connectivity index (χ3n) is 1.24. The SMILES string of the molecule is O=C(O)C(=O)OCCOCCOCCO. The largest absolute Gasteiger partial charge is 0.473 e. The maximum absolute atomic E-state index is 10.4. The van der Waals surface area contributed by atoms with Gasteiger partial charge in [-0.15, -0.1) is 0 Å². The van der Waals surface area contributed by atoms with Gasteiger partial charge in [-0.25, -0.2) is 9.59 Å². The Labute approximate surface area is 86.5 Å². The minimum Gasteiger partial charge on any atom is -0.473 e. The van der Waals surface area contributed by atoms with E-state index >= 15 is 0 Å². The normalized spacial score (nSPS) is 9.93. The van der Waals surface area contributed by atoms with Crippen molar-refractivity contribution in [1.82, 2.24) is 0 Å². The zero-order chi connectivity index (χ0) is 11.5. The third kappa shape index (κ3) is 9.13. The number of carbonyl (C=O) groups excluding carboxylic acids is 1. The van der Waals surface area contributed by atoms with Crippen molar-refractivity contribution in [1.29, 1.82) is 0 Å². The van der Waals surface area contributed by atoms with Crippen molar-refractivity contribution >= 4 is 11.9 Å². The lowest BCUT2D eigenvalue weighted by atomic mass is 10.6. The molecule has 0 fully saturated rings. The van der Waals surface area contributed by atoms with Crippen LogP contribution in [0.3, 0.4) is 0 Å². The fourth-order valence-electron chi connectivity index (χ4n) is 0.642. The van der Waals surface area contributed by atoms with Crippen molar-refractivity contribution in [2.24, 2.45) is 0 Å². The predicted octanol–water partition coefficient (Wildman–Crippen LogP) is -1.36. The molecule has 0 spiro atoms. The number of carbonyl (C=O) groups is 2. The topological polar surface area (TPSA) is 102 Å². The number of esters is 1. The lowest BCUT2D eigenvalue weighted by Gasteiger charge is -2.04. The maximum Gasteiger partial charge on any atom is 0.417 e. The molecule has 7 heteroatoms. The van der Waals surface area contributed by atoms with E-state index in [2.05, 4.69) is 4.74 Å². The lowest BCUT2D eigenvalue weighted by molar-refractivity contribution is -0.164. The highest BCUT2D eigenvalue weighted by Crippen LogP contribution is 1.82. The van der Waals surface area contributed by atoms with Gasteiger partial charge in [0.15, 0.2) is 0 Å². The van der Waals surface area contributed by atoms with Gasteiger partial charge in [-0.1, -0.05) is 0 Å². The fraction of sp³-hybridized carbons (Fsp3) is 0.750. The minimum absolute atomic E-state index is 0.0454. The van der Waals surface area contributed by atoms with Crippen LogP contribution in [0.25, 0.3) is 0 Å². The molecule has 15 heavy (non-hydrogen) atoms. The Morgan fingerprint density at radius 2 is 1.47 bits per heavy atom. The first-order chi connectivity index (χ1) is 7.18. The van der Waals surface area contributed by atoms with Gasteiger partial charge in [0.05, 0.1) is 33.0 Å². The van der Waals surface area contributed by atoms with E-state index in [0.29, 0.717) is 13.2 Å². The molecule has 0 radical (unpaired) electrons. The van der Waals surface area contributed by atoms with Crippen molar-refractivity contribution in [2.75, 3.05) is 39.6 Å². The summed E-state index contributed by atoms with van der Waals surface area (Å²) in [5.41, 5.74) is 0. The second-order valence-electron chi connectivity index (χ2n) is 2.39. The minimum atomic E-state index is -1.62. The molecule has 0 aromatic carbocycles. The molecule has 0 bridgehead atoms. The summed E-state index contributed by atoms with van der Waals surface area (Å²) in [5.74, 6) is -2.92. The Morgan fingerprint density at radius 1 is 0.933 bits per heavy atom. The smallest absolute Gasteiger partial charge is 0.417 e. The van der Waals surface area contributed by atoms with Crippen LogP contribution in [0.2, 0.25) is 0 Å². The van der Waals surface area contributed by atoms with Gasteiger partial charge in [0.1, 0.15) is 6.61 Å². The number of ether oxygens (including phenoxy) is 3. The van der Waals surface area contributed by atoms with E-state index in [9.17, 15) is 9.59 Å². The standard InChI is InChI=1S/C8H14O7/c9-1-2-13-3-4-14-5-6-15-8(12)7(10)11/h9H,1-6H2,(H,10,11). The number of carboxylic acids is 1. The van der Waals surface area contributed by atoms with Gasteiger partial charge < -0.3 is 24.4 Å². The predicted molar refractivity (Wildman–Crippen MR) is 47.3 cm³/mol. The lowest BCUT2D eigenvalue weighted by Crippen LogP contribution is -2.19. The van der Waals surface area contributed by atoms with E-state index in [1.807, 2.05) is 0 Å². The average Bonchev–Trinajstić information content (AvgIpc) is 2.21. The molecular formula is C8H14O7. The molecule has 0 aliphatic rings. The molecule has 0 unspecified atom stereocenters. The van der Waals surface area contributed by atoms with Gasteiger partial charge in [-0.05, 0) is 0 Å². The Bertz CT molecular complexity index is 191. The fourth-order valence-corrected chi connectivity index (χ4v) is 0.642. The average molecular weight is 222 g/mol. The highest BCUT2D eigenvalue weighted by molar-refractivity contribution is 6.28. The van der Waals surface area contributed by atoms with Crippen LogP contribution in [0.5, 0.6) is 0 Å². The number of aliphatic carboxylic acids is 1. The van der Waals surface area contributed by atoms with Crippen LogP contribution in [0.4, 0.5) is 0 Å². The van der Waals surface area contributed by atoms with Crippen LogP contribution < -0.4 is 0 Å². The molecule has 88 valence electrons. The van der Waals surface area contributed by atoms with Crippen LogP contribution >= 0.6 is 0 Å². The van der Waals surface area contributed by atoms with Crippen molar-refractivity contribution in [2.45, 2.75) is 0 Å². The molecule has 0 saturated heterocycles. The van der Waals surface area contributed by atoms with Gasteiger partial charge in [0, 0.05) is 0 Å². The molecule has 0 aliphatic carbocycles. The van der Waals surface area contributed by atoms with Crippen LogP contribution in [0.15, 0.2) is 0 Å². The summed E-state index contributed by atoms with van der Waals surface area (Å²) in [6, 6.07) is 0. The molecule has 0 saturated carbocycles. The monoisotopic (exact) mass is 222 g/mol. The molecule has 0 aliphatic heterocycles. The number of rotatable bonds is 8. The quantitative estimate of drug-likeness (QED) is 0.297. The van der Waals surface area contributed by atoms with Crippen molar-refractivity contribution in [3.05, 3.63) is 0 Å². The van der Waals surface area contributed by atoms with Crippen LogP contribution in [-0.4, -0.2) is 61.8 Å². The van der Waals surface area contributed by atoms with E-state index in [0.717, 1.165) is 0 Å². The molecule has 0 aromatic rings. The summed E-state index contributed by atoms with van der Waals surface area (Å²) in [7, 11) is 0. The second kappa shape index (κ2) is 9.38. The number of aliphatic hydroxyl groups is 1. The Kier molecular flexibility index (Phi) is 8.64. The highest BCUT2D eigenvalue weighted by Gasteiger charge is 2.11. The molecule has 0 amide bonds. The summed E-state index contributed by atoms with van der Waals surface area (Å²) in [5, 5.41) is 16.5. The van der Waals surface area contributed by atoms with Crippen LogP contribution in [0.1, 0.15) is 0 Å². The zero-order valence-electron chi connectivity index (χ0n) is 8.18. The van der Waals surface area contributed by atoms with Gasteiger partial charge in [-0.2, -0.15) is 0 Å². The van der Waals surface area contributed by atoms with Gasteiger partial charge in [-0.3, -0.25) is 0 Å². The van der Waals surface area contributed by atoms with Crippen LogP contribution in [0, 0.1) is 0 Å². The second-order valence-corrected chi connectivity index (χ2v) is 2.39. The highest BCUT2D eigenvalue weighted by atomic mass is 16.6. The summed E-state index contributed by atoms with van der Waals surface area (Å²) in [6.07, 6.45) is 0. The zero-order valence-corrected chi connectivity index (χ0v) is 8.18. The molecule has 2 N–H and O–H groups in total. The first-order valence-electron chi connectivity index (χ1n) is 4.35. The summed E-state index contributed by atoms with van der Waals surface area (Å²) < 4.78 is 14.1. The van der Waals surface area contributed by atoms with E-state index in [-0.39, 0.29) is 26.4 Å². The molecule has 0 aromatic heterocycles. The van der Waals surface area contributed by atoms with E-state index < -0.39 is 11.9 Å². The van der Waals surface area contributed by atoms with Gasteiger partial charge in [0.2, 0.25) is 0 Å². The van der Waals surface area contributed by atoms with Crippen molar-refractivity contribution in [3.63, 3.8) is 0 Å². The molecular weight excluding hydrogens is 208 g/mol. The number of aliphatic hydroxyl groups excluding tert-OH is 1. The van der Waals surface area contributed by atoms with Gasteiger partial charge >= 0.3 is 11.9 Å². The summed E-state index contributed by atoms with van der Waals surface area (Å²) in [4.78, 5) is 20.4. The molecule has 7 nitrogen and oxygen atoms in total. The van der Waals surface area contributed by atoms with E-state index in [4.69, 9.17) is 19.7 Å². The number of hydrogen-bond acceptors (Lipinski definition) is 6. The Balaban J connectivity index is 3.11. The Hall–Kier alpha value is -1.18. The first kappa shape index (κ1) is 13.8. The van der Waals surface area contributed by atoms with E-state index in [1.165, 1.54) is 0 Å². The summed E-state index contributed by atoms with van der Waals surface area (Å²) >= 11 is 0. The Morgan fingerprint density at radius 3 is 2.00 bits per heavy atom.